The van der Waals surface area contributed by atoms with Crippen LogP contribution < -0.4 is 0 Å². The van der Waals surface area contributed by atoms with Crippen molar-refractivity contribution < 1.29 is 0 Å². The van der Waals surface area contributed by atoms with Gasteiger partial charge in [0.15, 0.2) is 0 Å². The zero-order chi connectivity index (χ0) is 12.8. The number of thioether (sulfide) groups is 2. The molecule has 0 fully saturated rings. The van der Waals surface area contributed by atoms with Crippen molar-refractivity contribution in [3.8, 4) is 23.7 Å². The van der Waals surface area contributed by atoms with Crippen LogP contribution in [0.5, 0.6) is 0 Å². The molecular formula is C10H8N6S2. The fraction of sp³-hybridized carbons (Fsp3) is 0.200. The molecule has 8 heteroatoms. The summed E-state index contributed by atoms with van der Waals surface area (Å²) in [6, 6.07) is 0. The van der Waals surface area contributed by atoms with Gasteiger partial charge in [0.1, 0.15) is 11.4 Å². The van der Waals surface area contributed by atoms with Gasteiger partial charge in [-0.3, -0.25) is 0 Å². The summed E-state index contributed by atoms with van der Waals surface area (Å²) in [4.78, 5) is 8.60. The quantitative estimate of drug-likeness (QED) is 0.608. The molecule has 0 aliphatic heterocycles. The number of hydrogen-bond donors (Lipinski definition) is 0. The van der Waals surface area contributed by atoms with Gasteiger partial charge in [0.25, 0.3) is 0 Å². The van der Waals surface area contributed by atoms with E-state index in [1.54, 1.807) is 6.20 Å². The minimum Gasteiger partial charge on any atom is -0.218 e. The number of rotatable bonds is 4. The van der Waals surface area contributed by atoms with Crippen LogP contribution in [-0.4, -0.2) is 42.4 Å². The minimum atomic E-state index is 0.503. The highest BCUT2D eigenvalue weighted by molar-refractivity contribution is 7.99. The molecule has 0 atom stereocenters. The van der Waals surface area contributed by atoms with E-state index in [4.69, 9.17) is 6.42 Å². The zero-order valence-electron chi connectivity index (χ0n) is 9.44. The van der Waals surface area contributed by atoms with E-state index in [0.29, 0.717) is 27.5 Å². The van der Waals surface area contributed by atoms with Gasteiger partial charge in [-0.2, -0.15) is 10.2 Å². The summed E-state index contributed by atoms with van der Waals surface area (Å²) >= 11 is 2.76. The summed E-state index contributed by atoms with van der Waals surface area (Å²) in [6.07, 6.45) is 10.1. The van der Waals surface area contributed by atoms with Gasteiger partial charge in [-0.25, -0.2) is 9.97 Å². The fourth-order valence-corrected chi connectivity index (χ4v) is 1.87. The highest BCUT2D eigenvalue weighted by atomic mass is 32.2. The second-order valence-corrected chi connectivity index (χ2v) is 4.66. The fourth-order valence-electron chi connectivity index (χ4n) is 1.08. The topological polar surface area (TPSA) is 77.3 Å². The Morgan fingerprint density at radius 1 is 1.11 bits per heavy atom. The molecule has 0 radical (unpaired) electrons. The maximum atomic E-state index is 5.18. The van der Waals surface area contributed by atoms with Crippen molar-refractivity contribution in [1.82, 2.24) is 30.4 Å². The lowest BCUT2D eigenvalue weighted by molar-refractivity contribution is 0.817. The van der Waals surface area contributed by atoms with Crippen molar-refractivity contribution in [2.45, 2.75) is 10.3 Å². The molecule has 2 heterocycles. The molecule has 90 valence electrons. The van der Waals surface area contributed by atoms with Crippen LogP contribution in [0.4, 0.5) is 0 Å². The molecule has 2 aromatic rings. The van der Waals surface area contributed by atoms with Crippen LogP contribution in [0.25, 0.3) is 11.4 Å². The van der Waals surface area contributed by atoms with Crippen molar-refractivity contribution in [1.29, 1.82) is 0 Å². The molecule has 0 amide bonds. The molecule has 0 aliphatic rings. The third-order valence-corrected chi connectivity index (χ3v) is 3.09. The molecule has 0 N–H and O–H groups in total. The second-order valence-electron chi connectivity index (χ2n) is 2.95. The second kappa shape index (κ2) is 6.28. The molecule has 2 aromatic heterocycles. The lowest BCUT2D eigenvalue weighted by Crippen LogP contribution is -1.98. The number of aromatic nitrogens is 6. The summed E-state index contributed by atoms with van der Waals surface area (Å²) in [7, 11) is 0. The Labute approximate surface area is 112 Å². The summed E-state index contributed by atoms with van der Waals surface area (Å²) in [5.74, 6) is 3.01. The largest absolute Gasteiger partial charge is 0.218 e. The van der Waals surface area contributed by atoms with E-state index in [9.17, 15) is 0 Å². The Hall–Kier alpha value is -1.72. The van der Waals surface area contributed by atoms with Crippen LogP contribution in [0.15, 0.2) is 22.7 Å². The lowest BCUT2D eigenvalue weighted by Gasteiger charge is -2.01. The van der Waals surface area contributed by atoms with Gasteiger partial charge in [0.05, 0.1) is 18.1 Å². The summed E-state index contributed by atoms with van der Waals surface area (Å²) in [5, 5.41) is 16.6. The van der Waals surface area contributed by atoms with Crippen LogP contribution in [0.1, 0.15) is 0 Å². The smallest absolute Gasteiger partial charge is 0.210 e. The van der Waals surface area contributed by atoms with Gasteiger partial charge in [0.2, 0.25) is 10.3 Å². The van der Waals surface area contributed by atoms with Crippen LogP contribution in [0.3, 0.4) is 0 Å². The first-order chi connectivity index (χ1) is 8.83. The predicted molar refractivity (Wildman–Crippen MR) is 70.0 cm³/mol. The van der Waals surface area contributed by atoms with E-state index in [0.717, 1.165) is 0 Å². The Bertz CT molecular complexity index is 583. The molecule has 6 nitrogen and oxygen atoms in total. The van der Waals surface area contributed by atoms with E-state index in [2.05, 4.69) is 36.3 Å². The van der Waals surface area contributed by atoms with Gasteiger partial charge < -0.3 is 0 Å². The molecule has 0 aliphatic carbocycles. The molecule has 0 bridgehead atoms. The van der Waals surface area contributed by atoms with E-state index in [1.165, 1.54) is 29.7 Å². The van der Waals surface area contributed by atoms with Crippen LogP contribution >= 0.6 is 23.5 Å². The van der Waals surface area contributed by atoms with E-state index < -0.39 is 0 Å². The van der Waals surface area contributed by atoms with E-state index in [1.807, 2.05) is 6.26 Å². The Morgan fingerprint density at radius 2 is 1.72 bits per heavy atom. The number of nitrogens with zero attached hydrogens (tertiary/aromatic N) is 6. The van der Waals surface area contributed by atoms with Gasteiger partial charge in [-0.05, 0) is 6.26 Å². The van der Waals surface area contributed by atoms with E-state index in [-0.39, 0.29) is 0 Å². The molecular weight excluding hydrogens is 268 g/mol. The molecule has 2 rings (SSSR count). The molecule has 0 saturated heterocycles. The third-order valence-electron chi connectivity index (χ3n) is 1.81. The monoisotopic (exact) mass is 276 g/mol. The lowest BCUT2D eigenvalue weighted by atomic mass is 10.3. The first-order valence-corrected chi connectivity index (χ1v) is 7.04. The minimum absolute atomic E-state index is 0.503. The average molecular weight is 276 g/mol. The standard InChI is InChI=1S/C10H8N6S2/c1-3-4-18-10-14-8(6-12-16-10)7-5-11-15-9(13-7)17-2/h1,5-6H,4H2,2H3. The van der Waals surface area contributed by atoms with Crippen molar-refractivity contribution in [3.05, 3.63) is 12.4 Å². The Balaban J connectivity index is 2.29. The van der Waals surface area contributed by atoms with E-state index >= 15 is 0 Å². The van der Waals surface area contributed by atoms with Gasteiger partial charge >= 0.3 is 0 Å². The maximum Gasteiger partial charge on any atom is 0.210 e. The normalized spacial score (nSPS) is 10.0. The number of terminal acetylenes is 1. The molecule has 0 saturated carbocycles. The average Bonchev–Trinajstić information content (AvgIpc) is 2.45. The third kappa shape index (κ3) is 3.15. The molecule has 0 aromatic carbocycles. The van der Waals surface area contributed by atoms with Crippen molar-refractivity contribution in [3.63, 3.8) is 0 Å². The van der Waals surface area contributed by atoms with Crippen LogP contribution in [-0.2, 0) is 0 Å². The Kier molecular flexibility index (Phi) is 4.44. The number of hydrogen-bond acceptors (Lipinski definition) is 8. The molecule has 0 unspecified atom stereocenters. The SMILES string of the molecule is C#CCSc1nncc(-c2cnnc(SC)n2)n1. The highest BCUT2D eigenvalue weighted by Gasteiger charge is 2.07. The zero-order valence-corrected chi connectivity index (χ0v) is 11.1. The van der Waals surface area contributed by atoms with Crippen LogP contribution in [0, 0.1) is 12.3 Å². The van der Waals surface area contributed by atoms with Gasteiger partial charge in [-0.1, -0.05) is 29.4 Å². The summed E-state index contributed by atoms with van der Waals surface area (Å²) in [6.45, 7) is 0. The van der Waals surface area contributed by atoms with Gasteiger partial charge in [0, 0.05) is 0 Å². The Morgan fingerprint density at radius 3 is 2.33 bits per heavy atom. The van der Waals surface area contributed by atoms with Crippen molar-refractivity contribution in [2.24, 2.45) is 0 Å². The van der Waals surface area contributed by atoms with Gasteiger partial charge in [-0.15, -0.1) is 16.6 Å². The summed E-state index contributed by atoms with van der Waals surface area (Å²) < 4.78 is 0. The van der Waals surface area contributed by atoms with Crippen molar-refractivity contribution in [2.75, 3.05) is 12.0 Å². The van der Waals surface area contributed by atoms with Crippen molar-refractivity contribution >= 4 is 23.5 Å². The summed E-state index contributed by atoms with van der Waals surface area (Å²) in [5.41, 5.74) is 1.22. The predicted octanol–water partition coefficient (Wildman–Crippen LogP) is 1.17. The first kappa shape index (κ1) is 12.7. The molecule has 0 spiro atoms. The molecule has 18 heavy (non-hydrogen) atoms. The van der Waals surface area contributed by atoms with Crippen LogP contribution in [0.2, 0.25) is 0 Å². The highest BCUT2D eigenvalue weighted by Crippen LogP contribution is 2.17. The maximum absolute atomic E-state index is 5.18. The first-order valence-electron chi connectivity index (χ1n) is 4.83.